The van der Waals surface area contributed by atoms with E-state index in [1.54, 1.807) is 37.8 Å². The number of amides is 3. The number of benzene rings is 1. The Morgan fingerprint density at radius 1 is 1.03 bits per heavy atom. The maximum atomic E-state index is 14.2. The highest BCUT2D eigenvalue weighted by Gasteiger charge is 2.43. The Kier molecular flexibility index (Phi) is 11.7. The molecule has 1 rings (SSSR count). The Labute approximate surface area is 217 Å². The number of alkyl carbamates (subject to hydrolysis) is 1. The normalized spacial score (nSPS) is 13.6. The summed E-state index contributed by atoms with van der Waals surface area (Å²) in [6.07, 6.45) is 2.02. The number of ether oxygens (including phenoxy) is 1. The van der Waals surface area contributed by atoms with Crippen molar-refractivity contribution in [3.8, 4) is 5.75 Å². The summed E-state index contributed by atoms with van der Waals surface area (Å²) in [7, 11) is 0. The minimum atomic E-state index is -0.944. The van der Waals surface area contributed by atoms with Gasteiger partial charge < -0.3 is 25.4 Å². The Morgan fingerprint density at radius 3 is 2.08 bits per heavy atom. The largest absolute Gasteiger partial charge is 0.508 e. The summed E-state index contributed by atoms with van der Waals surface area (Å²) in [6.45, 7) is 17.6. The fourth-order valence-corrected chi connectivity index (χ4v) is 3.82. The van der Waals surface area contributed by atoms with Crippen LogP contribution in [0.1, 0.15) is 99.6 Å². The van der Waals surface area contributed by atoms with Crippen LogP contribution in [0.3, 0.4) is 0 Å². The number of nitrogens with one attached hydrogen (secondary N) is 2. The van der Waals surface area contributed by atoms with Crippen molar-refractivity contribution in [2.24, 2.45) is 5.92 Å². The van der Waals surface area contributed by atoms with E-state index in [9.17, 15) is 19.5 Å². The summed E-state index contributed by atoms with van der Waals surface area (Å²) in [4.78, 5) is 42.1. The van der Waals surface area contributed by atoms with Crippen LogP contribution >= 0.6 is 0 Å². The zero-order valence-electron chi connectivity index (χ0n) is 23.6. The summed E-state index contributed by atoms with van der Waals surface area (Å²) < 4.78 is 5.43. The Balaban J connectivity index is 3.57. The number of rotatable bonds is 12. The van der Waals surface area contributed by atoms with Crippen LogP contribution in [-0.4, -0.2) is 51.6 Å². The fourth-order valence-electron chi connectivity index (χ4n) is 3.82. The third-order valence-electron chi connectivity index (χ3n) is 6.00. The molecule has 0 aliphatic carbocycles. The highest BCUT2D eigenvalue weighted by Crippen LogP contribution is 2.33. The fraction of sp³-hybridized carbons (Fsp3) is 0.679. The van der Waals surface area contributed by atoms with Gasteiger partial charge in [0.15, 0.2) is 0 Å². The van der Waals surface area contributed by atoms with Crippen molar-refractivity contribution in [3.05, 3.63) is 29.8 Å². The summed E-state index contributed by atoms with van der Waals surface area (Å²) >= 11 is 0. The molecule has 8 heteroatoms. The molecule has 0 aliphatic rings. The molecule has 0 saturated heterocycles. The lowest BCUT2D eigenvalue weighted by molar-refractivity contribution is -0.149. The number of carbonyl (C=O) groups is 3. The van der Waals surface area contributed by atoms with E-state index in [1.165, 1.54) is 12.1 Å². The SMILES string of the molecule is CCCCNC(=O)C(c1ccc(O)cc1)N(C(=O)C(CC(C)C)NC(=O)OC(C)(C)C)C(C)(C)CC. The quantitative estimate of drug-likeness (QED) is 0.334. The van der Waals surface area contributed by atoms with E-state index in [0.29, 0.717) is 24.9 Å². The van der Waals surface area contributed by atoms with Crippen LogP contribution in [0, 0.1) is 5.92 Å². The first-order valence-electron chi connectivity index (χ1n) is 13.0. The second kappa shape index (κ2) is 13.5. The van der Waals surface area contributed by atoms with E-state index in [4.69, 9.17) is 4.74 Å². The second-order valence-corrected chi connectivity index (χ2v) is 11.3. The number of unbranched alkanes of at least 4 members (excludes halogenated alkanes) is 1. The predicted molar refractivity (Wildman–Crippen MR) is 143 cm³/mol. The van der Waals surface area contributed by atoms with Gasteiger partial charge in [-0.1, -0.05) is 46.2 Å². The molecule has 8 nitrogen and oxygen atoms in total. The molecule has 3 N–H and O–H groups in total. The van der Waals surface area contributed by atoms with E-state index < -0.39 is 29.3 Å². The standard InChI is InChI=1S/C28H47N3O5/c1-10-12-17-29-24(33)23(20-13-15-21(32)16-14-20)31(28(8,9)11-2)25(34)22(18-19(3)4)30-26(35)36-27(5,6)7/h13-16,19,22-23,32H,10-12,17-18H2,1-9H3,(H,29,33)(H,30,35). The molecule has 0 aromatic heterocycles. The summed E-state index contributed by atoms with van der Waals surface area (Å²) in [5.41, 5.74) is -0.852. The van der Waals surface area contributed by atoms with Crippen molar-refractivity contribution in [2.75, 3.05) is 6.54 Å². The smallest absolute Gasteiger partial charge is 0.408 e. The molecule has 0 saturated carbocycles. The van der Waals surface area contributed by atoms with E-state index in [2.05, 4.69) is 10.6 Å². The number of aromatic hydroxyl groups is 1. The first-order valence-corrected chi connectivity index (χ1v) is 13.0. The minimum absolute atomic E-state index is 0.0702. The topological polar surface area (TPSA) is 108 Å². The van der Waals surface area contributed by atoms with Crippen molar-refractivity contribution >= 4 is 17.9 Å². The zero-order chi connectivity index (χ0) is 27.7. The molecule has 204 valence electrons. The molecule has 0 fully saturated rings. The van der Waals surface area contributed by atoms with Crippen LogP contribution < -0.4 is 10.6 Å². The van der Waals surface area contributed by atoms with Crippen molar-refractivity contribution in [2.45, 2.75) is 111 Å². The third kappa shape index (κ3) is 9.70. The van der Waals surface area contributed by atoms with Crippen LogP contribution in [0.2, 0.25) is 0 Å². The first kappa shape index (κ1) is 31.3. The van der Waals surface area contributed by atoms with Gasteiger partial charge in [0.25, 0.3) is 0 Å². The van der Waals surface area contributed by atoms with E-state index in [0.717, 1.165) is 12.8 Å². The average Bonchev–Trinajstić information content (AvgIpc) is 2.75. The van der Waals surface area contributed by atoms with Gasteiger partial charge >= 0.3 is 6.09 Å². The van der Waals surface area contributed by atoms with Gasteiger partial charge in [-0.25, -0.2) is 4.79 Å². The number of phenols is 1. The monoisotopic (exact) mass is 505 g/mol. The molecule has 2 unspecified atom stereocenters. The van der Waals surface area contributed by atoms with E-state index >= 15 is 0 Å². The minimum Gasteiger partial charge on any atom is -0.508 e. The van der Waals surface area contributed by atoms with Gasteiger partial charge in [0.1, 0.15) is 23.4 Å². The number of hydrogen-bond donors (Lipinski definition) is 3. The van der Waals surface area contributed by atoms with Crippen molar-refractivity contribution in [1.29, 1.82) is 0 Å². The molecule has 0 aliphatic heterocycles. The van der Waals surface area contributed by atoms with Crippen LogP contribution in [0.4, 0.5) is 4.79 Å². The molecule has 0 radical (unpaired) electrons. The maximum Gasteiger partial charge on any atom is 0.408 e. The zero-order valence-corrected chi connectivity index (χ0v) is 23.6. The van der Waals surface area contributed by atoms with E-state index in [1.807, 2.05) is 41.5 Å². The molecule has 0 heterocycles. The summed E-state index contributed by atoms with van der Waals surface area (Å²) in [5, 5.41) is 15.6. The molecule has 36 heavy (non-hydrogen) atoms. The molecule has 1 aromatic rings. The predicted octanol–water partition coefficient (Wildman–Crippen LogP) is 5.31. The highest BCUT2D eigenvalue weighted by molar-refractivity contribution is 5.92. The van der Waals surface area contributed by atoms with Crippen molar-refractivity contribution < 1.29 is 24.2 Å². The lowest BCUT2D eigenvalue weighted by Crippen LogP contribution is -2.59. The molecular formula is C28H47N3O5. The number of hydrogen-bond acceptors (Lipinski definition) is 5. The van der Waals surface area contributed by atoms with Crippen molar-refractivity contribution in [1.82, 2.24) is 15.5 Å². The van der Waals surface area contributed by atoms with Gasteiger partial charge in [-0.2, -0.15) is 0 Å². The molecular weight excluding hydrogens is 458 g/mol. The highest BCUT2D eigenvalue weighted by atomic mass is 16.6. The van der Waals surface area contributed by atoms with Crippen LogP contribution in [0.25, 0.3) is 0 Å². The number of carbonyl (C=O) groups excluding carboxylic acids is 3. The lowest BCUT2D eigenvalue weighted by Gasteiger charge is -2.44. The molecule has 1 aromatic carbocycles. The Morgan fingerprint density at radius 2 is 1.61 bits per heavy atom. The van der Waals surface area contributed by atoms with Crippen LogP contribution in [0.5, 0.6) is 5.75 Å². The van der Waals surface area contributed by atoms with Gasteiger partial charge in [-0.3, -0.25) is 9.59 Å². The van der Waals surface area contributed by atoms with Crippen LogP contribution in [0.15, 0.2) is 24.3 Å². The average molecular weight is 506 g/mol. The van der Waals surface area contributed by atoms with Crippen molar-refractivity contribution in [3.63, 3.8) is 0 Å². The Hall–Kier alpha value is -2.77. The third-order valence-corrected chi connectivity index (χ3v) is 6.00. The maximum absolute atomic E-state index is 14.2. The second-order valence-electron chi connectivity index (χ2n) is 11.3. The summed E-state index contributed by atoms with van der Waals surface area (Å²) in [5.74, 6) is -0.485. The molecule has 0 bridgehead atoms. The summed E-state index contributed by atoms with van der Waals surface area (Å²) in [6, 6.07) is 4.50. The van der Waals surface area contributed by atoms with Crippen LogP contribution in [-0.2, 0) is 14.3 Å². The molecule has 0 spiro atoms. The number of nitrogens with zero attached hydrogens (tertiary/aromatic N) is 1. The molecule has 2 atom stereocenters. The van der Waals surface area contributed by atoms with Gasteiger partial charge in [0.05, 0.1) is 0 Å². The lowest BCUT2D eigenvalue weighted by atomic mass is 9.90. The van der Waals surface area contributed by atoms with Gasteiger partial charge in [0.2, 0.25) is 11.8 Å². The Bertz CT molecular complexity index is 859. The van der Waals surface area contributed by atoms with E-state index in [-0.39, 0.29) is 23.5 Å². The number of phenolic OH excluding ortho intramolecular Hbond substituents is 1. The van der Waals surface area contributed by atoms with Gasteiger partial charge in [-0.05, 0) is 77.5 Å². The van der Waals surface area contributed by atoms with Gasteiger partial charge in [0, 0.05) is 12.1 Å². The van der Waals surface area contributed by atoms with Gasteiger partial charge in [-0.15, -0.1) is 0 Å². The first-order chi connectivity index (χ1) is 16.6. The molecule has 3 amide bonds.